The predicted octanol–water partition coefficient (Wildman–Crippen LogP) is 2.27. The topological polar surface area (TPSA) is 80.4 Å². The first-order valence-electron chi connectivity index (χ1n) is 7.43. The number of aliphatic hydroxyl groups excluding tert-OH is 1. The molecule has 0 spiro atoms. The third kappa shape index (κ3) is 4.89. The van der Waals surface area contributed by atoms with Crippen LogP contribution in [0.3, 0.4) is 0 Å². The average Bonchev–Trinajstić information content (AvgIpc) is 3.27. The highest BCUT2D eigenvalue weighted by Gasteiger charge is 2.22. The quantitative estimate of drug-likeness (QED) is 0.604. The van der Waals surface area contributed by atoms with Crippen LogP contribution in [-0.2, 0) is 0 Å². The Morgan fingerprint density at radius 3 is 3.00 bits per heavy atom. The van der Waals surface area contributed by atoms with Crippen molar-refractivity contribution in [1.82, 2.24) is 4.98 Å². The number of nitrogen functional groups attached to an aromatic ring is 1. The van der Waals surface area contributed by atoms with E-state index in [4.69, 9.17) is 15.6 Å². The second-order valence-corrected chi connectivity index (χ2v) is 5.70. The minimum absolute atomic E-state index is 0.249. The Hall–Kier alpha value is -1.49. The van der Waals surface area contributed by atoms with E-state index in [1.54, 1.807) is 0 Å². The molecule has 5 heteroatoms. The van der Waals surface area contributed by atoms with E-state index in [9.17, 15) is 0 Å². The van der Waals surface area contributed by atoms with E-state index >= 15 is 0 Å². The van der Waals surface area contributed by atoms with E-state index in [2.05, 4.69) is 10.3 Å². The van der Waals surface area contributed by atoms with Gasteiger partial charge in [-0.3, -0.25) is 0 Å². The van der Waals surface area contributed by atoms with Crippen LogP contribution in [0.1, 0.15) is 32.6 Å². The molecule has 0 amide bonds. The average molecular weight is 279 g/mol. The number of hydrogen-bond donors (Lipinski definition) is 3. The van der Waals surface area contributed by atoms with E-state index < -0.39 is 0 Å². The smallest absolute Gasteiger partial charge is 0.239 e. The van der Waals surface area contributed by atoms with E-state index in [1.807, 2.05) is 19.1 Å². The summed E-state index contributed by atoms with van der Waals surface area (Å²) in [4.78, 5) is 4.40. The Morgan fingerprint density at radius 2 is 2.30 bits per heavy atom. The molecule has 1 heterocycles. The summed E-state index contributed by atoms with van der Waals surface area (Å²) in [6, 6.07) is 3.70. The predicted molar refractivity (Wildman–Crippen MR) is 80.8 cm³/mol. The summed E-state index contributed by atoms with van der Waals surface area (Å²) < 4.78 is 5.65. The zero-order valence-corrected chi connectivity index (χ0v) is 12.1. The van der Waals surface area contributed by atoms with Crippen molar-refractivity contribution in [2.75, 3.05) is 30.8 Å². The second-order valence-electron chi connectivity index (χ2n) is 5.70. The maximum absolute atomic E-state index is 8.96. The van der Waals surface area contributed by atoms with Crippen molar-refractivity contribution in [1.29, 1.82) is 0 Å². The van der Waals surface area contributed by atoms with Gasteiger partial charge in [-0.15, -0.1) is 0 Å². The largest absolute Gasteiger partial charge is 0.476 e. The highest BCUT2D eigenvalue weighted by molar-refractivity contribution is 5.53. The monoisotopic (exact) mass is 279 g/mol. The van der Waals surface area contributed by atoms with Crippen LogP contribution in [0.15, 0.2) is 12.1 Å². The number of aliphatic hydroxyl groups is 1. The molecule has 0 bridgehead atoms. The van der Waals surface area contributed by atoms with E-state index in [-0.39, 0.29) is 6.61 Å². The fourth-order valence-electron chi connectivity index (χ4n) is 1.90. The summed E-state index contributed by atoms with van der Waals surface area (Å²) in [6.07, 6.45) is 4.51. The molecule has 1 unspecified atom stereocenters. The minimum atomic E-state index is 0.249. The van der Waals surface area contributed by atoms with Gasteiger partial charge in [-0.05, 0) is 49.7 Å². The Balaban J connectivity index is 1.77. The van der Waals surface area contributed by atoms with Gasteiger partial charge in [0.15, 0.2) is 0 Å². The maximum atomic E-state index is 8.96. The number of nitrogens with two attached hydrogens (primary N) is 1. The Kier molecular flexibility index (Phi) is 5.47. The van der Waals surface area contributed by atoms with Crippen LogP contribution in [0.4, 0.5) is 11.5 Å². The molecule has 1 atom stereocenters. The van der Waals surface area contributed by atoms with Crippen LogP contribution >= 0.6 is 0 Å². The minimum Gasteiger partial charge on any atom is -0.476 e. The van der Waals surface area contributed by atoms with Gasteiger partial charge in [0.05, 0.1) is 12.3 Å². The van der Waals surface area contributed by atoms with Crippen LogP contribution in [0, 0.1) is 11.8 Å². The van der Waals surface area contributed by atoms with Gasteiger partial charge >= 0.3 is 0 Å². The van der Waals surface area contributed by atoms with Crippen molar-refractivity contribution in [3.05, 3.63) is 12.1 Å². The number of anilines is 2. The van der Waals surface area contributed by atoms with Crippen molar-refractivity contribution in [2.45, 2.75) is 32.6 Å². The third-order valence-electron chi connectivity index (χ3n) is 3.53. The summed E-state index contributed by atoms with van der Waals surface area (Å²) in [5.41, 5.74) is 6.45. The van der Waals surface area contributed by atoms with E-state index in [0.717, 1.165) is 25.2 Å². The van der Waals surface area contributed by atoms with Gasteiger partial charge in [-0.1, -0.05) is 6.92 Å². The van der Waals surface area contributed by atoms with Crippen molar-refractivity contribution in [3.63, 3.8) is 0 Å². The molecule has 112 valence electrons. The number of ether oxygens (including phenoxy) is 1. The highest BCUT2D eigenvalue weighted by atomic mass is 16.5. The van der Waals surface area contributed by atoms with Gasteiger partial charge in [0.25, 0.3) is 0 Å². The summed E-state index contributed by atoms with van der Waals surface area (Å²) in [5, 5.41) is 12.2. The van der Waals surface area contributed by atoms with Gasteiger partial charge in [0, 0.05) is 13.2 Å². The van der Waals surface area contributed by atoms with Crippen molar-refractivity contribution in [3.8, 4) is 5.88 Å². The molecule has 1 aromatic rings. The molecule has 0 saturated heterocycles. The van der Waals surface area contributed by atoms with Crippen molar-refractivity contribution in [2.24, 2.45) is 11.8 Å². The van der Waals surface area contributed by atoms with Gasteiger partial charge in [0.1, 0.15) is 5.82 Å². The fraction of sp³-hybridized carbons (Fsp3) is 0.667. The second kappa shape index (κ2) is 7.33. The number of hydrogen-bond acceptors (Lipinski definition) is 5. The fourth-order valence-corrected chi connectivity index (χ4v) is 1.90. The lowest BCUT2D eigenvalue weighted by Crippen LogP contribution is -2.09. The van der Waals surface area contributed by atoms with Crippen LogP contribution in [-0.4, -0.2) is 29.8 Å². The van der Waals surface area contributed by atoms with E-state index in [0.29, 0.717) is 30.0 Å². The molecule has 1 saturated carbocycles. The molecule has 0 radical (unpaired) electrons. The summed E-state index contributed by atoms with van der Waals surface area (Å²) >= 11 is 0. The number of aromatic nitrogens is 1. The molecular formula is C15H25N3O2. The number of pyridine rings is 1. The Labute approximate surface area is 120 Å². The van der Waals surface area contributed by atoms with Crippen LogP contribution in [0.2, 0.25) is 0 Å². The lowest BCUT2D eigenvalue weighted by atomic mass is 10.1. The summed E-state index contributed by atoms with van der Waals surface area (Å²) in [6.45, 7) is 3.85. The highest BCUT2D eigenvalue weighted by Crippen LogP contribution is 2.30. The first-order chi connectivity index (χ1) is 9.69. The van der Waals surface area contributed by atoms with Crippen LogP contribution in [0.25, 0.3) is 0 Å². The molecule has 2 rings (SSSR count). The maximum Gasteiger partial charge on any atom is 0.239 e. The van der Waals surface area contributed by atoms with Gasteiger partial charge in [0.2, 0.25) is 5.88 Å². The first-order valence-corrected chi connectivity index (χ1v) is 7.43. The van der Waals surface area contributed by atoms with Gasteiger partial charge in [-0.2, -0.15) is 4.98 Å². The van der Waals surface area contributed by atoms with E-state index in [1.165, 1.54) is 12.8 Å². The molecule has 0 aliphatic heterocycles. The summed E-state index contributed by atoms with van der Waals surface area (Å²) in [5.74, 6) is 2.37. The first kappa shape index (κ1) is 14.9. The molecule has 20 heavy (non-hydrogen) atoms. The standard InChI is InChI=1S/C15H25N3O2/c1-11(9-19)3-2-8-17-14-7-6-13(16)15(18-14)20-10-12-4-5-12/h6-7,11-12,19H,2-5,8-10,16H2,1H3,(H,17,18). The Bertz CT molecular complexity index is 422. The van der Waals surface area contributed by atoms with Crippen LogP contribution < -0.4 is 15.8 Å². The van der Waals surface area contributed by atoms with Gasteiger partial charge in [-0.25, -0.2) is 0 Å². The lowest BCUT2D eigenvalue weighted by molar-refractivity contribution is 0.229. The lowest BCUT2D eigenvalue weighted by Gasteiger charge is -2.11. The summed E-state index contributed by atoms with van der Waals surface area (Å²) in [7, 11) is 0. The molecule has 1 aliphatic rings. The number of nitrogens with one attached hydrogen (secondary N) is 1. The molecule has 4 N–H and O–H groups in total. The van der Waals surface area contributed by atoms with Crippen molar-refractivity contribution >= 4 is 11.5 Å². The molecule has 1 aromatic heterocycles. The number of rotatable bonds is 9. The molecule has 5 nitrogen and oxygen atoms in total. The van der Waals surface area contributed by atoms with Crippen LogP contribution in [0.5, 0.6) is 5.88 Å². The molecule has 1 fully saturated rings. The normalized spacial score (nSPS) is 15.9. The molecule has 0 aromatic carbocycles. The number of nitrogens with zero attached hydrogens (tertiary/aromatic N) is 1. The van der Waals surface area contributed by atoms with Crippen molar-refractivity contribution < 1.29 is 9.84 Å². The third-order valence-corrected chi connectivity index (χ3v) is 3.53. The Morgan fingerprint density at radius 1 is 1.50 bits per heavy atom. The zero-order valence-electron chi connectivity index (χ0n) is 12.1. The molecular weight excluding hydrogens is 254 g/mol. The zero-order chi connectivity index (χ0) is 14.4. The molecule has 1 aliphatic carbocycles. The SMILES string of the molecule is CC(CO)CCCNc1ccc(N)c(OCC2CC2)n1. The van der Waals surface area contributed by atoms with Gasteiger partial charge < -0.3 is 20.9 Å².